The molecule has 1 aromatic heterocycles. The first kappa shape index (κ1) is 15.2. The van der Waals surface area contributed by atoms with E-state index in [0.29, 0.717) is 22.3 Å². The van der Waals surface area contributed by atoms with Crippen molar-refractivity contribution < 1.29 is 0 Å². The molecular formula is C14H12BrCl2N3. The van der Waals surface area contributed by atoms with E-state index in [4.69, 9.17) is 28.5 Å². The number of nitriles is 1. The highest BCUT2D eigenvalue weighted by molar-refractivity contribution is 9.10. The summed E-state index contributed by atoms with van der Waals surface area (Å²) in [6.45, 7) is 2.56. The quantitative estimate of drug-likeness (QED) is 0.779. The van der Waals surface area contributed by atoms with Crippen LogP contribution in [-0.2, 0) is 13.6 Å². The summed E-state index contributed by atoms with van der Waals surface area (Å²) in [5, 5.41) is 13.2. The zero-order chi connectivity index (χ0) is 14.9. The van der Waals surface area contributed by atoms with E-state index in [2.05, 4.69) is 27.3 Å². The Morgan fingerprint density at radius 3 is 2.65 bits per heavy atom. The van der Waals surface area contributed by atoms with Crippen molar-refractivity contribution in [3.05, 3.63) is 49.7 Å². The third-order valence-electron chi connectivity index (χ3n) is 3.26. The van der Waals surface area contributed by atoms with E-state index in [1.165, 1.54) is 0 Å². The summed E-state index contributed by atoms with van der Waals surface area (Å²) in [6, 6.07) is 7.74. The highest BCUT2D eigenvalue weighted by Crippen LogP contribution is 2.36. The lowest BCUT2D eigenvalue weighted by atomic mass is 10.2. The topological polar surface area (TPSA) is 40.8 Å². The fourth-order valence-electron chi connectivity index (χ4n) is 1.90. The molecule has 104 valence electrons. The molecule has 0 radical (unpaired) electrons. The van der Waals surface area contributed by atoms with Crippen LogP contribution in [0.1, 0.15) is 17.0 Å². The Balaban J connectivity index is 2.22. The molecule has 0 fully saturated rings. The van der Waals surface area contributed by atoms with Crippen molar-refractivity contribution in [1.29, 1.82) is 5.26 Å². The summed E-state index contributed by atoms with van der Waals surface area (Å²) in [4.78, 5) is 0. The van der Waals surface area contributed by atoms with Gasteiger partial charge in [0.05, 0.1) is 15.7 Å². The van der Waals surface area contributed by atoms with E-state index in [1.54, 1.807) is 0 Å². The van der Waals surface area contributed by atoms with Crippen molar-refractivity contribution in [3.8, 4) is 6.07 Å². The molecular weight excluding hydrogens is 361 g/mol. The summed E-state index contributed by atoms with van der Waals surface area (Å²) >= 11 is 15.6. The molecule has 0 saturated heterocycles. The van der Waals surface area contributed by atoms with E-state index in [-0.39, 0.29) is 0 Å². The van der Waals surface area contributed by atoms with E-state index < -0.39 is 0 Å². The Hall–Kier alpha value is -1.15. The van der Waals surface area contributed by atoms with Crippen molar-refractivity contribution in [2.75, 3.05) is 5.32 Å². The number of hydrogen-bond donors (Lipinski definition) is 1. The fraction of sp³-hybridized carbons (Fsp3) is 0.214. The number of aromatic nitrogens is 1. The first-order chi connectivity index (χ1) is 9.45. The van der Waals surface area contributed by atoms with Gasteiger partial charge in [0.1, 0.15) is 11.8 Å². The number of anilines is 1. The molecule has 2 aromatic rings. The number of benzene rings is 1. The average Bonchev–Trinajstić information content (AvgIpc) is 2.71. The molecule has 1 N–H and O–H groups in total. The predicted molar refractivity (Wildman–Crippen MR) is 86.4 cm³/mol. The lowest BCUT2D eigenvalue weighted by molar-refractivity contribution is 0.856. The Kier molecular flexibility index (Phi) is 4.64. The van der Waals surface area contributed by atoms with Crippen LogP contribution in [0.3, 0.4) is 0 Å². The molecule has 20 heavy (non-hydrogen) atoms. The van der Waals surface area contributed by atoms with Gasteiger partial charge in [-0.1, -0.05) is 23.2 Å². The smallest absolute Gasteiger partial charge is 0.120 e. The van der Waals surface area contributed by atoms with Crippen molar-refractivity contribution >= 4 is 44.8 Å². The van der Waals surface area contributed by atoms with Crippen LogP contribution in [0.5, 0.6) is 0 Å². The summed E-state index contributed by atoms with van der Waals surface area (Å²) in [5.74, 6) is 0. The van der Waals surface area contributed by atoms with Gasteiger partial charge in [-0.15, -0.1) is 0 Å². The van der Waals surface area contributed by atoms with Crippen LogP contribution in [0, 0.1) is 18.3 Å². The van der Waals surface area contributed by atoms with Crippen LogP contribution in [0.4, 0.5) is 5.69 Å². The van der Waals surface area contributed by atoms with Crippen molar-refractivity contribution in [2.24, 2.45) is 7.05 Å². The molecule has 1 heterocycles. The number of rotatable bonds is 3. The molecule has 2 rings (SSSR count). The van der Waals surface area contributed by atoms with Crippen LogP contribution in [0.2, 0.25) is 10.0 Å². The maximum atomic E-state index is 9.02. The maximum absolute atomic E-state index is 9.02. The van der Waals surface area contributed by atoms with Crippen LogP contribution < -0.4 is 5.32 Å². The van der Waals surface area contributed by atoms with Gasteiger partial charge >= 0.3 is 0 Å². The highest BCUT2D eigenvalue weighted by atomic mass is 79.9. The van der Waals surface area contributed by atoms with Crippen molar-refractivity contribution in [1.82, 2.24) is 4.57 Å². The Bertz CT molecular complexity index is 701. The lowest BCUT2D eigenvalue weighted by Crippen LogP contribution is -2.02. The number of nitrogens with one attached hydrogen (secondary N) is 1. The minimum absolute atomic E-state index is 0.482. The van der Waals surface area contributed by atoms with Crippen molar-refractivity contribution in [3.63, 3.8) is 0 Å². The van der Waals surface area contributed by atoms with E-state index in [1.807, 2.05) is 36.7 Å². The standard InChI is InChI=1S/C14H12BrCl2N3/c1-8-9(5-10(6-18)20(8)2)7-19-12-4-3-11(15)13(16)14(12)17/h3-5,19H,7H2,1-2H3. The fourth-order valence-corrected chi connectivity index (χ4v) is 2.74. The Labute approximate surface area is 136 Å². The first-order valence-electron chi connectivity index (χ1n) is 5.88. The van der Waals surface area contributed by atoms with Gasteiger partial charge in [0, 0.05) is 23.8 Å². The van der Waals surface area contributed by atoms with E-state index in [0.717, 1.165) is 21.4 Å². The van der Waals surface area contributed by atoms with Crippen LogP contribution >= 0.6 is 39.1 Å². The van der Waals surface area contributed by atoms with Crippen LogP contribution in [0.15, 0.2) is 22.7 Å². The summed E-state index contributed by atoms with van der Waals surface area (Å²) in [5.41, 5.74) is 3.51. The molecule has 6 heteroatoms. The van der Waals surface area contributed by atoms with Gasteiger partial charge in [-0.2, -0.15) is 5.26 Å². The molecule has 0 aliphatic rings. The summed E-state index contributed by atoms with van der Waals surface area (Å²) in [7, 11) is 1.88. The average molecular weight is 373 g/mol. The van der Waals surface area contributed by atoms with E-state index in [9.17, 15) is 0 Å². The first-order valence-corrected chi connectivity index (χ1v) is 7.43. The van der Waals surface area contributed by atoms with Gasteiger partial charge < -0.3 is 9.88 Å². The minimum Gasteiger partial charge on any atom is -0.380 e. The van der Waals surface area contributed by atoms with Gasteiger partial charge in [-0.05, 0) is 46.6 Å². The monoisotopic (exact) mass is 371 g/mol. The normalized spacial score (nSPS) is 10.4. The SMILES string of the molecule is Cc1c(CNc2ccc(Br)c(Cl)c2Cl)cc(C#N)n1C. The summed E-state index contributed by atoms with van der Waals surface area (Å²) in [6.07, 6.45) is 0. The van der Waals surface area contributed by atoms with Gasteiger partial charge in [0.25, 0.3) is 0 Å². The predicted octanol–water partition coefficient (Wildman–Crippen LogP) is 4.89. The third-order valence-corrected chi connectivity index (χ3v) is 5.03. The zero-order valence-corrected chi connectivity index (χ0v) is 14.1. The Morgan fingerprint density at radius 2 is 2.05 bits per heavy atom. The van der Waals surface area contributed by atoms with Gasteiger partial charge in [-0.25, -0.2) is 0 Å². The van der Waals surface area contributed by atoms with Crippen LogP contribution in [0.25, 0.3) is 0 Å². The Morgan fingerprint density at radius 1 is 1.35 bits per heavy atom. The molecule has 0 atom stereocenters. The maximum Gasteiger partial charge on any atom is 0.120 e. The number of halogens is 3. The highest BCUT2D eigenvalue weighted by Gasteiger charge is 2.11. The lowest BCUT2D eigenvalue weighted by Gasteiger charge is -2.10. The molecule has 0 amide bonds. The molecule has 1 aromatic carbocycles. The molecule has 0 spiro atoms. The minimum atomic E-state index is 0.482. The molecule has 3 nitrogen and oxygen atoms in total. The second-order valence-corrected chi connectivity index (χ2v) is 6.00. The molecule has 0 saturated carbocycles. The molecule has 0 bridgehead atoms. The third kappa shape index (κ3) is 2.80. The molecule has 0 aliphatic heterocycles. The van der Waals surface area contributed by atoms with Crippen LogP contribution in [-0.4, -0.2) is 4.57 Å². The summed E-state index contributed by atoms with van der Waals surface area (Å²) < 4.78 is 2.63. The largest absolute Gasteiger partial charge is 0.380 e. The second-order valence-electron chi connectivity index (χ2n) is 4.39. The van der Waals surface area contributed by atoms with Gasteiger partial charge in [0.2, 0.25) is 0 Å². The van der Waals surface area contributed by atoms with Gasteiger partial charge in [0.15, 0.2) is 0 Å². The molecule has 0 aliphatic carbocycles. The zero-order valence-electron chi connectivity index (χ0n) is 11.0. The van der Waals surface area contributed by atoms with Crippen molar-refractivity contribution in [2.45, 2.75) is 13.5 Å². The van der Waals surface area contributed by atoms with Gasteiger partial charge in [-0.3, -0.25) is 0 Å². The molecule has 0 unspecified atom stereocenters. The number of nitrogens with zero attached hydrogens (tertiary/aromatic N) is 2. The van der Waals surface area contributed by atoms with E-state index >= 15 is 0 Å². The second kappa shape index (κ2) is 6.09. The number of hydrogen-bond acceptors (Lipinski definition) is 2.